The summed E-state index contributed by atoms with van der Waals surface area (Å²) in [5, 5.41) is 18.2. The van der Waals surface area contributed by atoms with Crippen LogP contribution in [-0.2, 0) is 6.54 Å². The monoisotopic (exact) mass is 446 g/mol. The van der Waals surface area contributed by atoms with E-state index in [0.717, 1.165) is 16.7 Å². The van der Waals surface area contributed by atoms with Crippen LogP contribution in [0.25, 0.3) is 0 Å². The Labute approximate surface area is 189 Å². The van der Waals surface area contributed by atoms with Gasteiger partial charge in [0.2, 0.25) is 0 Å². The van der Waals surface area contributed by atoms with E-state index in [1.807, 2.05) is 32.9 Å². The minimum Gasteiger partial charge on any atom is -0.457 e. The lowest BCUT2D eigenvalue weighted by Gasteiger charge is -2.13. The number of nitrogens with one attached hydrogen (secondary N) is 1. The standard InChI is InChI=1S/C24H22N4O5/c1-15-9-16(2)17(3)23(10-15)33-21-12-18(11-19(13-21)28(30)31)26-24(29)22-6-5-20(32-22)14-27-8-4-7-25-27/h4-13H,14H2,1-3H3,(H,26,29). The van der Waals surface area contributed by atoms with Crippen molar-refractivity contribution in [1.82, 2.24) is 9.78 Å². The molecule has 0 fully saturated rings. The van der Waals surface area contributed by atoms with Crippen molar-refractivity contribution < 1.29 is 18.9 Å². The molecule has 0 aliphatic heterocycles. The van der Waals surface area contributed by atoms with Crippen LogP contribution < -0.4 is 10.1 Å². The molecule has 4 rings (SSSR count). The third kappa shape index (κ3) is 5.09. The average Bonchev–Trinajstić information content (AvgIpc) is 3.44. The van der Waals surface area contributed by atoms with Crippen LogP contribution >= 0.6 is 0 Å². The number of nitrogens with zero attached hydrogens (tertiary/aromatic N) is 3. The highest BCUT2D eigenvalue weighted by atomic mass is 16.6. The molecule has 1 amide bonds. The molecule has 0 bridgehead atoms. The third-order valence-corrected chi connectivity index (χ3v) is 5.11. The van der Waals surface area contributed by atoms with Crippen molar-refractivity contribution >= 4 is 17.3 Å². The largest absolute Gasteiger partial charge is 0.457 e. The number of anilines is 1. The van der Waals surface area contributed by atoms with Crippen LogP contribution in [0.15, 0.2) is 65.3 Å². The fourth-order valence-electron chi connectivity index (χ4n) is 3.38. The van der Waals surface area contributed by atoms with Gasteiger partial charge in [0.1, 0.15) is 17.3 Å². The average molecular weight is 446 g/mol. The summed E-state index contributed by atoms with van der Waals surface area (Å²) in [5.41, 5.74) is 3.00. The quantitative estimate of drug-likeness (QED) is 0.300. The van der Waals surface area contributed by atoms with Gasteiger partial charge in [-0.1, -0.05) is 6.07 Å². The first kappa shape index (κ1) is 21.8. The highest BCUT2D eigenvalue weighted by Crippen LogP contribution is 2.33. The highest BCUT2D eigenvalue weighted by molar-refractivity contribution is 6.02. The number of rotatable bonds is 7. The van der Waals surface area contributed by atoms with Crippen LogP contribution in [0, 0.1) is 30.9 Å². The number of amides is 1. The van der Waals surface area contributed by atoms with Gasteiger partial charge in [0, 0.05) is 24.5 Å². The summed E-state index contributed by atoms with van der Waals surface area (Å²) in [6.07, 6.45) is 3.43. The van der Waals surface area contributed by atoms with E-state index in [0.29, 0.717) is 18.1 Å². The molecule has 0 saturated carbocycles. The number of nitro groups is 1. The van der Waals surface area contributed by atoms with Crippen molar-refractivity contribution in [1.29, 1.82) is 0 Å². The zero-order chi connectivity index (χ0) is 23.5. The number of aromatic nitrogens is 2. The van der Waals surface area contributed by atoms with E-state index in [2.05, 4.69) is 10.4 Å². The lowest BCUT2D eigenvalue weighted by atomic mass is 10.1. The van der Waals surface area contributed by atoms with Crippen molar-refractivity contribution in [2.45, 2.75) is 27.3 Å². The number of ether oxygens (including phenoxy) is 1. The second kappa shape index (κ2) is 8.99. The zero-order valence-electron chi connectivity index (χ0n) is 18.4. The molecule has 33 heavy (non-hydrogen) atoms. The van der Waals surface area contributed by atoms with Gasteiger partial charge >= 0.3 is 0 Å². The minimum absolute atomic E-state index is 0.0799. The summed E-state index contributed by atoms with van der Waals surface area (Å²) in [5.74, 6) is 0.940. The van der Waals surface area contributed by atoms with Crippen molar-refractivity contribution in [2.75, 3.05) is 5.32 Å². The van der Waals surface area contributed by atoms with Gasteiger partial charge in [0.15, 0.2) is 5.76 Å². The van der Waals surface area contributed by atoms with Crippen LogP contribution in [0.3, 0.4) is 0 Å². The Bertz CT molecular complexity index is 1320. The second-order valence-corrected chi connectivity index (χ2v) is 7.70. The number of carbonyl (C=O) groups excluding carboxylic acids is 1. The summed E-state index contributed by atoms with van der Waals surface area (Å²) < 4.78 is 13.2. The zero-order valence-corrected chi connectivity index (χ0v) is 18.4. The van der Waals surface area contributed by atoms with E-state index in [9.17, 15) is 14.9 Å². The molecule has 0 radical (unpaired) electrons. The molecule has 9 nitrogen and oxygen atoms in total. The van der Waals surface area contributed by atoms with Crippen LogP contribution in [0.2, 0.25) is 0 Å². The molecule has 0 atom stereocenters. The Hall–Kier alpha value is -4.40. The lowest BCUT2D eigenvalue weighted by Crippen LogP contribution is -2.11. The first-order valence-corrected chi connectivity index (χ1v) is 10.2. The maximum atomic E-state index is 12.7. The Morgan fingerprint density at radius 1 is 1.18 bits per heavy atom. The van der Waals surface area contributed by atoms with E-state index in [-0.39, 0.29) is 22.9 Å². The van der Waals surface area contributed by atoms with E-state index in [1.54, 1.807) is 35.3 Å². The molecule has 0 aliphatic rings. The fourth-order valence-corrected chi connectivity index (χ4v) is 3.38. The number of non-ortho nitro benzene ring substituents is 1. The van der Waals surface area contributed by atoms with Gasteiger partial charge in [-0.3, -0.25) is 19.6 Å². The van der Waals surface area contributed by atoms with Crippen LogP contribution in [-0.4, -0.2) is 20.6 Å². The number of hydrogen-bond acceptors (Lipinski definition) is 6. The minimum atomic E-state index is -0.536. The van der Waals surface area contributed by atoms with Crippen LogP contribution in [0.1, 0.15) is 33.0 Å². The lowest BCUT2D eigenvalue weighted by molar-refractivity contribution is -0.384. The first-order chi connectivity index (χ1) is 15.8. The van der Waals surface area contributed by atoms with Crippen LogP contribution in [0.4, 0.5) is 11.4 Å². The number of aryl methyl sites for hydroxylation is 2. The Morgan fingerprint density at radius 2 is 2.00 bits per heavy atom. The summed E-state index contributed by atoms with van der Waals surface area (Å²) in [6.45, 7) is 6.22. The molecule has 4 aromatic rings. The maximum absolute atomic E-state index is 12.7. The summed E-state index contributed by atoms with van der Waals surface area (Å²) in [4.78, 5) is 23.6. The molecule has 2 heterocycles. The molecule has 0 unspecified atom stereocenters. The predicted octanol–water partition coefficient (Wildman–Crippen LogP) is 5.40. The maximum Gasteiger partial charge on any atom is 0.291 e. The first-order valence-electron chi connectivity index (χ1n) is 10.2. The van der Waals surface area contributed by atoms with Gasteiger partial charge < -0.3 is 14.5 Å². The van der Waals surface area contributed by atoms with E-state index in [4.69, 9.17) is 9.15 Å². The van der Waals surface area contributed by atoms with E-state index < -0.39 is 10.8 Å². The number of carbonyl (C=O) groups is 1. The molecule has 2 aromatic heterocycles. The van der Waals surface area contributed by atoms with Crippen LogP contribution in [0.5, 0.6) is 11.5 Å². The number of hydrogen-bond donors (Lipinski definition) is 1. The molecular weight excluding hydrogens is 424 g/mol. The molecule has 2 aromatic carbocycles. The van der Waals surface area contributed by atoms with Crippen molar-refractivity contribution in [3.8, 4) is 11.5 Å². The Kier molecular flexibility index (Phi) is 5.95. The van der Waals surface area contributed by atoms with Crippen molar-refractivity contribution in [2.24, 2.45) is 0 Å². The topological polar surface area (TPSA) is 112 Å². The van der Waals surface area contributed by atoms with Gasteiger partial charge in [-0.25, -0.2) is 0 Å². The number of nitro benzene ring substituents is 1. The van der Waals surface area contributed by atoms with Gasteiger partial charge in [0.05, 0.1) is 23.2 Å². The van der Waals surface area contributed by atoms with Gasteiger partial charge in [-0.15, -0.1) is 0 Å². The third-order valence-electron chi connectivity index (χ3n) is 5.11. The van der Waals surface area contributed by atoms with Crippen molar-refractivity contribution in [3.05, 3.63) is 99.2 Å². The predicted molar refractivity (Wildman–Crippen MR) is 122 cm³/mol. The summed E-state index contributed by atoms with van der Waals surface area (Å²) in [7, 11) is 0. The Morgan fingerprint density at radius 3 is 2.73 bits per heavy atom. The molecule has 9 heteroatoms. The molecule has 0 saturated heterocycles. The molecule has 0 aliphatic carbocycles. The molecule has 1 N–H and O–H groups in total. The summed E-state index contributed by atoms with van der Waals surface area (Å²) in [6, 6.07) is 13.0. The SMILES string of the molecule is Cc1cc(C)c(C)c(Oc2cc(NC(=O)c3ccc(Cn4cccn4)o3)cc([N+](=O)[O-])c2)c1. The second-order valence-electron chi connectivity index (χ2n) is 7.70. The molecular formula is C24H22N4O5. The van der Waals surface area contributed by atoms with Crippen molar-refractivity contribution in [3.63, 3.8) is 0 Å². The normalized spacial score (nSPS) is 10.8. The summed E-state index contributed by atoms with van der Waals surface area (Å²) >= 11 is 0. The number of furan rings is 1. The van der Waals surface area contributed by atoms with Gasteiger partial charge in [-0.2, -0.15) is 5.10 Å². The smallest absolute Gasteiger partial charge is 0.291 e. The molecule has 0 spiro atoms. The number of benzene rings is 2. The fraction of sp³-hybridized carbons (Fsp3) is 0.167. The van der Waals surface area contributed by atoms with E-state index >= 15 is 0 Å². The van der Waals surface area contributed by atoms with Gasteiger partial charge in [-0.05, 0) is 61.7 Å². The van der Waals surface area contributed by atoms with Gasteiger partial charge in [0.25, 0.3) is 11.6 Å². The molecule has 168 valence electrons. The highest BCUT2D eigenvalue weighted by Gasteiger charge is 2.17. The van der Waals surface area contributed by atoms with E-state index in [1.165, 1.54) is 18.2 Å². The Balaban J connectivity index is 1.56.